The molecular weight excluding hydrogens is 412 g/mol. The summed E-state index contributed by atoms with van der Waals surface area (Å²) in [7, 11) is 1.57. The molecule has 0 saturated carbocycles. The number of hydrogen-bond acceptors (Lipinski definition) is 5. The van der Waals surface area contributed by atoms with E-state index in [1.165, 1.54) is 0 Å². The van der Waals surface area contributed by atoms with Crippen LogP contribution in [0.3, 0.4) is 0 Å². The first kappa shape index (κ1) is 20.6. The summed E-state index contributed by atoms with van der Waals surface area (Å²) in [4.78, 5) is 12.6. The predicted octanol–water partition coefficient (Wildman–Crippen LogP) is 4.73. The van der Waals surface area contributed by atoms with Crippen molar-refractivity contribution in [3.05, 3.63) is 84.1 Å². The molecular formula is C24H20N2O4S. The van der Waals surface area contributed by atoms with Gasteiger partial charge in [-0.1, -0.05) is 30.3 Å². The van der Waals surface area contributed by atoms with Crippen LogP contribution in [-0.2, 0) is 6.61 Å². The Kier molecular flexibility index (Phi) is 5.97. The van der Waals surface area contributed by atoms with E-state index in [-0.39, 0.29) is 17.6 Å². The van der Waals surface area contributed by atoms with Crippen LogP contribution in [0.5, 0.6) is 5.75 Å². The Labute approximate surface area is 184 Å². The highest BCUT2D eigenvalue weighted by Crippen LogP contribution is 2.33. The smallest absolute Gasteiger partial charge is 0.257 e. The van der Waals surface area contributed by atoms with Crippen molar-refractivity contribution in [1.82, 2.24) is 5.32 Å². The molecule has 7 heteroatoms. The Morgan fingerprint density at radius 2 is 1.84 bits per heavy atom. The zero-order chi connectivity index (χ0) is 21.8. The van der Waals surface area contributed by atoms with Gasteiger partial charge < -0.3 is 19.6 Å². The third-order valence-corrected chi connectivity index (χ3v) is 4.98. The predicted molar refractivity (Wildman–Crippen MR) is 124 cm³/mol. The Hall–Kier alpha value is -3.68. The monoisotopic (exact) mass is 432 g/mol. The van der Waals surface area contributed by atoms with E-state index in [9.17, 15) is 9.90 Å². The van der Waals surface area contributed by atoms with E-state index in [2.05, 4.69) is 10.6 Å². The zero-order valence-electron chi connectivity index (χ0n) is 16.7. The maximum Gasteiger partial charge on any atom is 0.257 e. The van der Waals surface area contributed by atoms with E-state index < -0.39 is 0 Å². The normalized spacial score (nSPS) is 10.6. The van der Waals surface area contributed by atoms with E-state index in [1.807, 2.05) is 36.4 Å². The second-order valence-electron chi connectivity index (χ2n) is 6.81. The Balaban J connectivity index is 1.49. The lowest BCUT2D eigenvalue weighted by atomic mass is 10.1. The standard InChI is InChI=1S/C24H20N2O4S/c1-29-21-10-8-18(13-20(21)22-11-9-19(14-27)30-22)25-24(31)26-23(28)17-7-6-15-4-2-3-5-16(15)12-17/h2-13,27H,14H2,1H3,(H2,25,26,28,31). The second-order valence-corrected chi connectivity index (χ2v) is 7.22. The topological polar surface area (TPSA) is 83.7 Å². The van der Waals surface area contributed by atoms with Gasteiger partial charge >= 0.3 is 0 Å². The number of anilines is 1. The number of methoxy groups -OCH3 is 1. The molecule has 4 rings (SSSR count). The summed E-state index contributed by atoms with van der Waals surface area (Å²) in [5.41, 5.74) is 1.86. The summed E-state index contributed by atoms with van der Waals surface area (Å²) in [6, 6.07) is 22.1. The van der Waals surface area contributed by atoms with Crippen LogP contribution in [0.2, 0.25) is 0 Å². The summed E-state index contributed by atoms with van der Waals surface area (Å²) in [6.45, 7) is -0.189. The maximum absolute atomic E-state index is 12.6. The lowest BCUT2D eigenvalue weighted by molar-refractivity contribution is 0.0978. The molecule has 4 aromatic rings. The lowest BCUT2D eigenvalue weighted by Crippen LogP contribution is -2.34. The number of amides is 1. The number of hydrogen-bond donors (Lipinski definition) is 3. The highest BCUT2D eigenvalue weighted by molar-refractivity contribution is 7.80. The van der Waals surface area contributed by atoms with Crippen molar-refractivity contribution in [2.45, 2.75) is 6.61 Å². The lowest BCUT2D eigenvalue weighted by Gasteiger charge is -2.13. The molecule has 0 unspecified atom stereocenters. The van der Waals surface area contributed by atoms with E-state index >= 15 is 0 Å². The third-order valence-electron chi connectivity index (χ3n) is 4.78. The van der Waals surface area contributed by atoms with Gasteiger partial charge in [-0.3, -0.25) is 10.1 Å². The molecule has 0 spiro atoms. The fourth-order valence-corrected chi connectivity index (χ4v) is 3.46. The van der Waals surface area contributed by atoms with E-state index in [1.54, 1.807) is 43.5 Å². The van der Waals surface area contributed by atoms with Crippen LogP contribution >= 0.6 is 12.2 Å². The van der Waals surface area contributed by atoms with Crippen LogP contribution in [0, 0.1) is 0 Å². The number of carbonyl (C=O) groups excluding carboxylic acids is 1. The molecule has 3 aromatic carbocycles. The average Bonchev–Trinajstić information content (AvgIpc) is 3.28. The fraction of sp³-hybridized carbons (Fsp3) is 0.0833. The second kappa shape index (κ2) is 8.99. The molecule has 31 heavy (non-hydrogen) atoms. The Bertz CT molecular complexity index is 1270. The minimum Gasteiger partial charge on any atom is -0.496 e. The van der Waals surface area contributed by atoms with Gasteiger partial charge in [0.1, 0.15) is 23.9 Å². The Morgan fingerprint density at radius 3 is 2.58 bits per heavy atom. The van der Waals surface area contributed by atoms with E-state index in [0.29, 0.717) is 34.1 Å². The van der Waals surface area contributed by atoms with Crippen molar-refractivity contribution in [3.63, 3.8) is 0 Å². The van der Waals surface area contributed by atoms with Crippen molar-refractivity contribution >= 4 is 39.7 Å². The quantitative estimate of drug-likeness (QED) is 0.396. The molecule has 0 saturated heterocycles. The minimum atomic E-state index is -0.296. The van der Waals surface area contributed by atoms with Gasteiger partial charge in [-0.15, -0.1) is 0 Å². The van der Waals surface area contributed by atoms with Gasteiger partial charge in [0.25, 0.3) is 5.91 Å². The van der Waals surface area contributed by atoms with Crippen LogP contribution in [0.25, 0.3) is 22.1 Å². The van der Waals surface area contributed by atoms with Gasteiger partial charge in [-0.05, 0) is 65.5 Å². The van der Waals surface area contributed by atoms with Crippen molar-refractivity contribution in [1.29, 1.82) is 0 Å². The fourth-order valence-electron chi connectivity index (χ4n) is 3.25. The van der Waals surface area contributed by atoms with Crippen LogP contribution in [0.15, 0.2) is 77.2 Å². The van der Waals surface area contributed by atoms with Crippen LogP contribution in [-0.4, -0.2) is 23.2 Å². The summed E-state index contributed by atoms with van der Waals surface area (Å²) in [6.07, 6.45) is 0. The summed E-state index contributed by atoms with van der Waals surface area (Å²) >= 11 is 5.32. The Morgan fingerprint density at radius 1 is 1.03 bits per heavy atom. The van der Waals surface area contributed by atoms with Crippen LogP contribution in [0.1, 0.15) is 16.1 Å². The molecule has 0 aliphatic heterocycles. The molecule has 0 radical (unpaired) electrons. The van der Waals surface area contributed by atoms with Gasteiger partial charge in [-0.2, -0.15) is 0 Å². The first-order valence-electron chi connectivity index (χ1n) is 9.56. The number of ether oxygens (including phenoxy) is 1. The van der Waals surface area contributed by atoms with Crippen LogP contribution in [0.4, 0.5) is 5.69 Å². The third kappa shape index (κ3) is 4.58. The molecule has 0 atom stereocenters. The molecule has 6 nitrogen and oxygen atoms in total. The molecule has 0 bridgehead atoms. The number of thiocarbonyl (C=S) groups is 1. The maximum atomic E-state index is 12.6. The number of carbonyl (C=O) groups is 1. The molecule has 0 fully saturated rings. The van der Waals surface area contributed by atoms with Gasteiger partial charge in [-0.25, -0.2) is 0 Å². The molecule has 1 heterocycles. The molecule has 1 amide bonds. The molecule has 156 valence electrons. The average molecular weight is 433 g/mol. The zero-order valence-corrected chi connectivity index (χ0v) is 17.5. The summed E-state index contributed by atoms with van der Waals surface area (Å²) in [5.74, 6) is 1.32. The highest BCUT2D eigenvalue weighted by Gasteiger charge is 2.13. The van der Waals surface area contributed by atoms with Crippen molar-refractivity contribution in [2.75, 3.05) is 12.4 Å². The highest BCUT2D eigenvalue weighted by atomic mass is 32.1. The van der Waals surface area contributed by atoms with Gasteiger partial charge in [0.05, 0.1) is 12.7 Å². The molecule has 1 aromatic heterocycles. The summed E-state index contributed by atoms with van der Waals surface area (Å²) in [5, 5.41) is 17.2. The van der Waals surface area contributed by atoms with Crippen LogP contribution < -0.4 is 15.4 Å². The molecule has 0 aliphatic rings. The number of furan rings is 1. The SMILES string of the molecule is COc1ccc(NC(=S)NC(=O)c2ccc3ccccc3c2)cc1-c1ccc(CO)o1. The largest absolute Gasteiger partial charge is 0.496 e. The number of fused-ring (bicyclic) bond motifs is 1. The number of aliphatic hydroxyl groups excluding tert-OH is 1. The van der Waals surface area contributed by atoms with Crippen molar-refractivity contribution in [3.8, 4) is 17.1 Å². The molecule has 3 N–H and O–H groups in total. The molecule has 0 aliphatic carbocycles. The number of nitrogens with one attached hydrogen (secondary N) is 2. The van der Waals surface area contributed by atoms with Crippen molar-refractivity contribution in [2.24, 2.45) is 0 Å². The number of rotatable bonds is 5. The van der Waals surface area contributed by atoms with Gasteiger partial charge in [0.2, 0.25) is 0 Å². The first-order chi connectivity index (χ1) is 15.1. The van der Waals surface area contributed by atoms with Crippen molar-refractivity contribution < 1.29 is 19.1 Å². The number of aliphatic hydroxyl groups is 1. The van der Waals surface area contributed by atoms with E-state index in [0.717, 1.165) is 10.8 Å². The van der Waals surface area contributed by atoms with Gasteiger partial charge in [0, 0.05) is 11.3 Å². The summed E-state index contributed by atoms with van der Waals surface area (Å²) < 4.78 is 11.0. The minimum absolute atomic E-state index is 0.171. The first-order valence-corrected chi connectivity index (χ1v) is 9.97. The van der Waals surface area contributed by atoms with Gasteiger partial charge in [0.15, 0.2) is 5.11 Å². The van der Waals surface area contributed by atoms with E-state index in [4.69, 9.17) is 21.4 Å². The number of benzene rings is 3.